The quantitative estimate of drug-likeness (QED) is 0.303. The van der Waals surface area contributed by atoms with Crippen LogP contribution in [0.5, 0.6) is 0 Å². The van der Waals surface area contributed by atoms with E-state index in [4.69, 9.17) is 11.8 Å². The van der Waals surface area contributed by atoms with Gasteiger partial charge in [0.1, 0.15) is 0 Å². The zero-order chi connectivity index (χ0) is 2.00. The Hall–Kier alpha value is 0.609. The number of nitrogens with zero attached hydrogens (tertiary/aromatic N) is 1. The molecule has 0 bridgehead atoms. The predicted molar refractivity (Wildman–Crippen MR) is 42.2 cm³/mol. The molecule has 0 spiro atoms. The number of hydrogen-bond donors (Lipinski definition) is 0. The van der Waals surface area contributed by atoms with Gasteiger partial charge >= 0.3 is 29.6 Å². The van der Waals surface area contributed by atoms with Gasteiger partial charge in [-0.1, -0.05) is 0 Å². The molecule has 0 fully saturated rings. The second-order valence-corrected chi connectivity index (χ2v) is 0. The second-order valence-electron chi connectivity index (χ2n) is 0. The number of rotatable bonds is 0. The second kappa shape index (κ2) is 5830. The van der Waals surface area contributed by atoms with Crippen LogP contribution in [0.3, 0.4) is 0 Å². The molecule has 0 saturated heterocycles. The van der Waals surface area contributed by atoms with Gasteiger partial charge in [-0.25, -0.2) is 0 Å². The van der Waals surface area contributed by atoms with Crippen LogP contribution < -0.4 is 29.6 Å². The van der Waals surface area contributed by atoms with Crippen molar-refractivity contribution in [3.63, 3.8) is 0 Å². The first-order valence-electron chi connectivity index (χ1n) is 0.224. The van der Waals surface area contributed by atoms with E-state index in [1.165, 1.54) is 0 Å². The van der Waals surface area contributed by atoms with Crippen molar-refractivity contribution >= 4 is 0 Å². The molecule has 0 atom stereocenters. The first-order chi connectivity index (χ1) is 1.00. The van der Waals surface area contributed by atoms with Crippen molar-refractivity contribution < 1.29 is 103 Å². The van der Waals surface area contributed by atoms with Crippen molar-refractivity contribution in [3.05, 3.63) is 6.57 Å². The summed E-state index contributed by atoms with van der Waals surface area (Å²) in [4.78, 5) is 0. The molecule has 0 aromatic heterocycles. The van der Waals surface area contributed by atoms with Gasteiger partial charge in [0, 0.05) is 17.1 Å². The van der Waals surface area contributed by atoms with Crippen LogP contribution in [0.1, 0.15) is 1.43 Å². The van der Waals surface area contributed by atoms with E-state index < -0.39 is 0 Å². The van der Waals surface area contributed by atoms with E-state index in [-0.39, 0.29) is 103 Å². The van der Waals surface area contributed by atoms with Crippen LogP contribution in [0.25, 0.3) is 0 Å². The summed E-state index contributed by atoms with van der Waals surface area (Å²) in [6.07, 6.45) is 0. The zero-order valence-electron chi connectivity index (χ0n) is 8.30. The average molecular weight is 286 g/mol. The van der Waals surface area contributed by atoms with Crippen LogP contribution >= 0.6 is 0 Å². The molecule has 0 aliphatic heterocycles. The van der Waals surface area contributed by atoms with Crippen molar-refractivity contribution in [2.24, 2.45) is 0 Å². The molecule has 0 aliphatic carbocycles. The van der Waals surface area contributed by atoms with Crippen LogP contribution in [0.2, 0.25) is 0 Å². The maximum atomic E-state index is 6.25. The summed E-state index contributed by atoms with van der Waals surface area (Å²) < 4.78 is 0. The molecule has 13 heteroatoms. The predicted octanol–water partition coefficient (Wildman–Crippen LogP) is -11.0. The molecule has 0 heterocycles. The Labute approximate surface area is 114 Å². The molecule has 100 valence electrons. The molecule has 0 radical (unpaired) electrons. The molecule has 20 N–H and O–H groups in total. The Morgan fingerprint density at radius 3 is 0.500 bits per heavy atom. The van der Waals surface area contributed by atoms with E-state index >= 15 is 0 Å². The molecular weight excluding hydrogens is 265 g/mol. The molecule has 0 aliphatic rings. The first-order valence-corrected chi connectivity index (χ1v) is 0.224. The fraction of sp³-hybridized carbons (Fsp3) is 0. The van der Waals surface area contributed by atoms with Crippen LogP contribution in [-0.2, 0) is 17.1 Å². The Kier molecular flexibility index (Phi) is 435000. The molecule has 0 saturated carbocycles. The Bertz CT molecular complexity index is 30.1. The van der Waals surface area contributed by atoms with Gasteiger partial charge in [-0.2, -0.15) is 0 Å². The minimum atomic E-state index is 0. The standard InChI is InChI=1S/CN.Fe.Na.10H2O.H/c1-2;;;;;;;;;;;;;/h;;;10*1H2;/q-1;;+1;;;;;;;;;;;-1. The van der Waals surface area contributed by atoms with Crippen LogP contribution in [-0.4, -0.2) is 54.8 Å². The van der Waals surface area contributed by atoms with E-state index in [2.05, 4.69) is 0 Å². The van der Waals surface area contributed by atoms with Crippen LogP contribution in [0, 0.1) is 11.8 Å². The average Bonchev–Trinajstić information content (AvgIpc) is 1.00. The summed E-state index contributed by atoms with van der Waals surface area (Å²) in [6, 6.07) is 0. The minimum Gasteiger partial charge on any atom is -1.00 e. The van der Waals surface area contributed by atoms with Gasteiger partial charge in [-0.05, 0) is 0 Å². The van der Waals surface area contributed by atoms with E-state index in [1.807, 2.05) is 0 Å². The summed E-state index contributed by atoms with van der Waals surface area (Å²) >= 11 is 0. The third-order valence-electron chi connectivity index (χ3n) is 0. The summed E-state index contributed by atoms with van der Waals surface area (Å²) in [5, 5.41) is 6.25. The SMILES string of the molecule is O.O.O.O.O.O.O.O.O.O.[C-]#N.[Fe].[H-].[Na+]. The maximum absolute atomic E-state index is 6.25. The molecule has 0 unspecified atom stereocenters. The van der Waals surface area contributed by atoms with Gasteiger partial charge in [0.15, 0.2) is 0 Å². The summed E-state index contributed by atoms with van der Waals surface area (Å²) in [7, 11) is 0. The maximum Gasteiger partial charge on any atom is 1.00 e. The van der Waals surface area contributed by atoms with Crippen molar-refractivity contribution in [2.45, 2.75) is 0 Å². The van der Waals surface area contributed by atoms with Gasteiger partial charge in [0.2, 0.25) is 0 Å². The molecular formula is CH21FeNNaO10-. The van der Waals surface area contributed by atoms with Crippen LogP contribution in [0.4, 0.5) is 0 Å². The third kappa shape index (κ3) is 4580. The molecule has 0 aromatic carbocycles. The zero-order valence-corrected chi connectivity index (χ0v) is 10.4. The molecule has 11 nitrogen and oxygen atoms in total. The van der Waals surface area contributed by atoms with Gasteiger partial charge in [0.05, 0.1) is 0 Å². The monoisotopic (exact) mass is 286 g/mol. The van der Waals surface area contributed by atoms with Gasteiger partial charge < -0.3 is 68.0 Å². The Morgan fingerprint density at radius 1 is 0.500 bits per heavy atom. The molecule has 14 heavy (non-hydrogen) atoms. The van der Waals surface area contributed by atoms with Crippen molar-refractivity contribution in [1.82, 2.24) is 0 Å². The number of hydrogen-bond acceptors (Lipinski definition) is 1. The fourth-order valence-electron chi connectivity index (χ4n) is 0. The molecule has 0 aromatic rings. The van der Waals surface area contributed by atoms with E-state index in [0.717, 1.165) is 0 Å². The minimum absolute atomic E-state index is 0. The topological polar surface area (TPSA) is 339 Å². The first kappa shape index (κ1) is 1040. The van der Waals surface area contributed by atoms with Crippen LogP contribution in [0.15, 0.2) is 0 Å². The van der Waals surface area contributed by atoms with Crippen molar-refractivity contribution in [2.75, 3.05) is 0 Å². The van der Waals surface area contributed by atoms with E-state index in [1.54, 1.807) is 0 Å². The summed E-state index contributed by atoms with van der Waals surface area (Å²) in [6.45, 7) is 4.75. The normalized spacial score (nSPS) is 0.143. The van der Waals surface area contributed by atoms with Crippen molar-refractivity contribution in [3.8, 4) is 0 Å². The molecule has 0 rings (SSSR count). The fourth-order valence-corrected chi connectivity index (χ4v) is 0. The van der Waals surface area contributed by atoms with Gasteiger partial charge in [-0.3, -0.25) is 0 Å². The van der Waals surface area contributed by atoms with Gasteiger partial charge in [0.25, 0.3) is 0 Å². The van der Waals surface area contributed by atoms with E-state index in [9.17, 15) is 0 Å². The van der Waals surface area contributed by atoms with Gasteiger partial charge in [-0.15, -0.1) is 0 Å². The Balaban J connectivity index is -0.0000000000641. The molecule has 0 amide bonds. The summed E-state index contributed by atoms with van der Waals surface area (Å²) in [5.74, 6) is 0. The Morgan fingerprint density at radius 2 is 0.500 bits per heavy atom. The van der Waals surface area contributed by atoms with Crippen molar-refractivity contribution in [1.29, 1.82) is 5.26 Å². The van der Waals surface area contributed by atoms with E-state index in [0.29, 0.717) is 0 Å². The largest absolute Gasteiger partial charge is 1.00 e. The summed E-state index contributed by atoms with van der Waals surface area (Å²) in [5.41, 5.74) is 0. The smallest absolute Gasteiger partial charge is 1.00 e. The third-order valence-corrected chi connectivity index (χ3v) is 0.